The summed E-state index contributed by atoms with van der Waals surface area (Å²) in [5.74, 6) is 1.05. The zero-order valence-electron chi connectivity index (χ0n) is 28.3. The highest BCUT2D eigenvalue weighted by atomic mass is 35.5. The molecule has 0 radical (unpaired) electrons. The monoisotopic (exact) mass is 711 g/mol. The van der Waals surface area contributed by atoms with Crippen LogP contribution in [0.1, 0.15) is 50.4 Å². The predicted molar refractivity (Wildman–Crippen MR) is 194 cm³/mol. The number of benzene rings is 1. The Morgan fingerprint density at radius 1 is 1.10 bits per heavy atom. The van der Waals surface area contributed by atoms with Gasteiger partial charge in [0, 0.05) is 78.5 Å². The Hall–Kier alpha value is -4.59. The number of carbonyl (C=O) groups excluding carboxylic acids is 2. The summed E-state index contributed by atoms with van der Waals surface area (Å²) in [5.41, 5.74) is 8.83. The molecule has 5 aromatic rings. The molecule has 1 aliphatic carbocycles. The van der Waals surface area contributed by atoms with Crippen molar-refractivity contribution in [2.24, 2.45) is 24.1 Å². The highest BCUT2D eigenvalue weighted by molar-refractivity contribution is 7.99. The first-order valence-corrected chi connectivity index (χ1v) is 17.8. The quantitative estimate of drug-likeness (QED) is 0.170. The van der Waals surface area contributed by atoms with Crippen molar-refractivity contribution in [2.45, 2.75) is 62.1 Å². The number of halogens is 1. The molecule has 2 aliphatic rings. The lowest BCUT2D eigenvalue weighted by Crippen LogP contribution is -2.48. The van der Waals surface area contributed by atoms with E-state index in [1.807, 2.05) is 49.0 Å². The number of rotatable bonds is 8. The molecular weight excluding hydrogens is 674 g/mol. The second-order valence-corrected chi connectivity index (χ2v) is 14.7. The molecule has 12 nitrogen and oxygen atoms in total. The zero-order valence-corrected chi connectivity index (χ0v) is 29.8. The molecule has 14 heteroatoms. The van der Waals surface area contributed by atoms with E-state index in [0.29, 0.717) is 32.9 Å². The number of aryl methyl sites for hydroxylation is 1. The molecular formula is C36H38ClN9O3S. The fourth-order valence-electron chi connectivity index (χ4n) is 6.99. The number of piperidine rings is 1. The summed E-state index contributed by atoms with van der Waals surface area (Å²) < 4.78 is 7.52. The SMILES string of the molecule is CC(C)OC(=O)c1cnc(Nc2nccc(Sc3cnc(N4CCC5(CC4)CC(=O)[C@@H](C)[C@@H]5N)cn3)c2Cl)nc1-c1cn(C)c2ccccc12. The van der Waals surface area contributed by atoms with Gasteiger partial charge in [-0.05, 0) is 44.2 Å². The number of carbonyl (C=O) groups is 2. The normalized spacial score (nSPS) is 18.7. The summed E-state index contributed by atoms with van der Waals surface area (Å²) >= 11 is 8.22. The van der Waals surface area contributed by atoms with Gasteiger partial charge in [0.05, 0.1) is 29.2 Å². The number of hydrogen-bond donors (Lipinski definition) is 2. The summed E-state index contributed by atoms with van der Waals surface area (Å²) in [7, 11) is 1.95. The Morgan fingerprint density at radius 3 is 2.58 bits per heavy atom. The number of hydrogen-bond acceptors (Lipinski definition) is 12. The minimum Gasteiger partial charge on any atom is -0.459 e. The van der Waals surface area contributed by atoms with Crippen LogP contribution >= 0.6 is 23.4 Å². The number of fused-ring (bicyclic) bond motifs is 1. The number of aromatic nitrogens is 6. The average Bonchev–Trinajstić information content (AvgIpc) is 3.55. The van der Waals surface area contributed by atoms with Crippen LogP contribution in [0.15, 0.2) is 71.2 Å². The van der Waals surface area contributed by atoms with Crippen molar-refractivity contribution < 1.29 is 14.3 Å². The van der Waals surface area contributed by atoms with Gasteiger partial charge in [0.15, 0.2) is 5.82 Å². The van der Waals surface area contributed by atoms with Gasteiger partial charge in [0.1, 0.15) is 22.2 Å². The Labute approximate surface area is 299 Å². The molecule has 1 aromatic carbocycles. The zero-order chi connectivity index (χ0) is 35.2. The van der Waals surface area contributed by atoms with Crippen molar-refractivity contribution in [1.82, 2.24) is 29.5 Å². The summed E-state index contributed by atoms with van der Waals surface area (Å²) in [6.45, 7) is 7.11. The van der Waals surface area contributed by atoms with Gasteiger partial charge >= 0.3 is 5.97 Å². The summed E-state index contributed by atoms with van der Waals surface area (Å²) in [4.78, 5) is 51.4. The van der Waals surface area contributed by atoms with Gasteiger partial charge in [-0.2, -0.15) is 0 Å². The minimum absolute atomic E-state index is 0.0747. The Balaban J connectivity index is 1.09. The van der Waals surface area contributed by atoms with Crippen molar-refractivity contribution in [3.8, 4) is 11.3 Å². The number of para-hydroxylation sites is 1. The van der Waals surface area contributed by atoms with E-state index in [-0.39, 0.29) is 40.8 Å². The Bertz CT molecular complexity index is 2080. The molecule has 1 saturated heterocycles. The van der Waals surface area contributed by atoms with Crippen LogP contribution < -0.4 is 16.0 Å². The third-order valence-electron chi connectivity index (χ3n) is 9.78. The number of ketones is 1. The van der Waals surface area contributed by atoms with Crippen LogP contribution in [0, 0.1) is 11.3 Å². The molecule has 50 heavy (non-hydrogen) atoms. The molecule has 5 heterocycles. The molecule has 7 rings (SSSR count). The Kier molecular flexibility index (Phi) is 9.22. The molecule has 0 unspecified atom stereocenters. The molecule has 1 spiro atoms. The summed E-state index contributed by atoms with van der Waals surface area (Å²) in [6.07, 6.45) is 10.5. The van der Waals surface area contributed by atoms with Crippen LogP contribution in [-0.4, -0.2) is 66.5 Å². The fourth-order valence-corrected chi connectivity index (χ4v) is 8.01. The predicted octanol–water partition coefficient (Wildman–Crippen LogP) is 6.46. The van der Waals surface area contributed by atoms with Gasteiger partial charge in [-0.25, -0.2) is 29.7 Å². The number of pyridine rings is 1. The van der Waals surface area contributed by atoms with E-state index in [0.717, 1.165) is 48.2 Å². The molecule has 2 fully saturated rings. The van der Waals surface area contributed by atoms with Crippen LogP contribution in [0.2, 0.25) is 5.02 Å². The summed E-state index contributed by atoms with van der Waals surface area (Å²) in [6, 6.07) is 9.63. The smallest absolute Gasteiger partial charge is 0.342 e. The second-order valence-electron chi connectivity index (χ2n) is 13.3. The van der Waals surface area contributed by atoms with Crippen molar-refractivity contribution in [2.75, 3.05) is 23.3 Å². The van der Waals surface area contributed by atoms with Gasteiger partial charge in [0.2, 0.25) is 5.95 Å². The second kappa shape index (κ2) is 13.6. The third kappa shape index (κ3) is 6.40. The van der Waals surface area contributed by atoms with Crippen LogP contribution in [0.4, 0.5) is 17.6 Å². The first kappa shape index (κ1) is 33.9. The first-order chi connectivity index (χ1) is 24.0. The van der Waals surface area contributed by atoms with Crippen LogP contribution in [0.5, 0.6) is 0 Å². The number of nitrogens with one attached hydrogen (secondary N) is 1. The molecule has 4 aromatic heterocycles. The van der Waals surface area contributed by atoms with E-state index < -0.39 is 5.97 Å². The van der Waals surface area contributed by atoms with Gasteiger partial charge in [-0.1, -0.05) is 48.5 Å². The van der Waals surface area contributed by atoms with Gasteiger partial charge < -0.3 is 25.3 Å². The lowest BCUT2D eigenvalue weighted by Gasteiger charge is -2.42. The van der Waals surface area contributed by atoms with E-state index in [4.69, 9.17) is 32.0 Å². The molecule has 258 valence electrons. The number of Topliss-reactive ketones (excluding diaryl/α,β-unsaturated/α-hetero) is 1. The number of esters is 1. The average molecular weight is 712 g/mol. The van der Waals surface area contributed by atoms with E-state index in [9.17, 15) is 9.59 Å². The van der Waals surface area contributed by atoms with E-state index >= 15 is 0 Å². The van der Waals surface area contributed by atoms with Crippen molar-refractivity contribution in [3.05, 3.63) is 71.9 Å². The number of ether oxygens (including phenoxy) is 1. The van der Waals surface area contributed by atoms with Gasteiger partial charge in [-0.3, -0.25) is 4.79 Å². The number of nitrogens with two attached hydrogens (primary N) is 1. The van der Waals surface area contributed by atoms with Crippen molar-refractivity contribution in [1.29, 1.82) is 0 Å². The lowest BCUT2D eigenvalue weighted by atomic mass is 9.73. The highest BCUT2D eigenvalue weighted by Crippen LogP contribution is 2.47. The van der Waals surface area contributed by atoms with Crippen molar-refractivity contribution >= 4 is 63.6 Å². The summed E-state index contributed by atoms with van der Waals surface area (Å²) in [5, 5.41) is 5.11. The van der Waals surface area contributed by atoms with Gasteiger partial charge in [0.25, 0.3) is 0 Å². The maximum Gasteiger partial charge on any atom is 0.342 e. The molecule has 1 aliphatic heterocycles. The number of nitrogens with zero attached hydrogens (tertiary/aromatic N) is 7. The molecule has 1 saturated carbocycles. The topological polar surface area (TPSA) is 154 Å². The van der Waals surface area contributed by atoms with Crippen molar-refractivity contribution in [3.63, 3.8) is 0 Å². The minimum atomic E-state index is -0.510. The molecule has 3 N–H and O–H groups in total. The van der Waals surface area contributed by atoms with Crippen LogP contribution in [0.25, 0.3) is 22.2 Å². The maximum absolute atomic E-state index is 13.1. The first-order valence-electron chi connectivity index (χ1n) is 16.6. The lowest BCUT2D eigenvalue weighted by molar-refractivity contribution is -0.120. The molecule has 0 amide bonds. The maximum atomic E-state index is 13.1. The highest BCUT2D eigenvalue weighted by Gasteiger charge is 2.50. The van der Waals surface area contributed by atoms with Gasteiger partial charge in [-0.15, -0.1) is 0 Å². The van der Waals surface area contributed by atoms with Crippen LogP contribution in [0.3, 0.4) is 0 Å². The molecule has 0 bridgehead atoms. The van der Waals surface area contributed by atoms with Crippen LogP contribution in [-0.2, 0) is 16.6 Å². The third-order valence-corrected chi connectivity index (χ3v) is 11.3. The van der Waals surface area contributed by atoms with E-state index in [1.54, 1.807) is 38.5 Å². The van der Waals surface area contributed by atoms with E-state index in [2.05, 4.69) is 25.2 Å². The standard InChI is InChI=1S/C36H38ClN9O3S/c1-20(2)49-34(48)23-16-42-35(43-31(23)24-19-45(4)25-8-6-5-7-22(24)25)44-33-30(37)27(9-12-39-33)50-29-18-40-28(17-41-29)46-13-10-36(11-14-46)15-26(47)21(3)32(36)38/h5-9,12,16-21,32H,10-11,13-15,38H2,1-4H3,(H,39,42,43,44)/t21-,32+/m1/s1. The largest absolute Gasteiger partial charge is 0.459 e. The number of anilines is 3. The van der Waals surface area contributed by atoms with E-state index in [1.165, 1.54) is 18.0 Å². The molecule has 2 atom stereocenters. The Morgan fingerprint density at radius 2 is 1.88 bits per heavy atom. The fraction of sp³-hybridized carbons (Fsp3) is 0.361.